The number of benzene rings is 2. The first kappa shape index (κ1) is 12.5. The summed E-state index contributed by atoms with van der Waals surface area (Å²) in [6.45, 7) is 3.90. The van der Waals surface area contributed by atoms with Gasteiger partial charge in [0.2, 0.25) is 0 Å². The summed E-state index contributed by atoms with van der Waals surface area (Å²) in [6.07, 6.45) is 0. The lowest BCUT2D eigenvalue weighted by atomic mass is 10.1. The molecule has 0 spiro atoms. The van der Waals surface area contributed by atoms with E-state index in [1.54, 1.807) is 0 Å². The van der Waals surface area contributed by atoms with E-state index in [-0.39, 0.29) is 0 Å². The SMILES string of the molecule is Cc1cc(Nc2cccc(Cl)c2C)ccc1C#N. The van der Waals surface area contributed by atoms with Crippen LogP contribution in [0.2, 0.25) is 5.02 Å². The molecule has 2 aromatic rings. The van der Waals surface area contributed by atoms with Crippen LogP contribution in [0.25, 0.3) is 0 Å². The van der Waals surface area contributed by atoms with E-state index in [9.17, 15) is 0 Å². The van der Waals surface area contributed by atoms with Crippen molar-refractivity contribution in [3.05, 3.63) is 58.1 Å². The molecule has 1 N–H and O–H groups in total. The summed E-state index contributed by atoms with van der Waals surface area (Å²) in [6, 6.07) is 13.6. The first-order valence-corrected chi connectivity index (χ1v) is 6.02. The van der Waals surface area contributed by atoms with E-state index < -0.39 is 0 Å². The van der Waals surface area contributed by atoms with Crippen molar-refractivity contribution in [2.75, 3.05) is 5.32 Å². The van der Waals surface area contributed by atoms with Crippen molar-refractivity contribution in [3.63, 3.8) is 0 Å². The van der Waals surface area contributed by atoms with E-state index in [1.807, 2.05) is 50.2 Å². The third-order valence-corrected chi connectivity index (χ3v) is 3.30. The zero-order valence-corrected chi connectivity index (χ0v) is 11.0. The highest BCUT2D eigenvalue weighted by molar-refractivity contribution is 6.31. The fraction of sp³-hybridized carbons (Fsp3) is 0.133. The average molecular weight is 257 g/mol. The molecular weight excluding hydrogens is 244 g/mol. The Morgan fingerprint density at radius 1 is 1.17 bits per heavy atom. The molecule has 2 nitrogen and oxygen atoms in total. The fourth-order valence-electron chi connectivity index (χ4n) is 1.77. The predicted octanol–water partition coefficient (Wildman–Crippen LogP) is 4.57. The maximum absolute atomic E-state index is 8.89. The number of halogens is 1. The standard InChI is InChI=1S/C15H13ClN2/c1-10-8-13(7-6-12(10)9-17)18-15-5-3-4-14(16)11(15)2/h3-8,18H,1-2H3. The number of anilines is 2. The smallest absolute Gasteiger partial charge is 0.0994 e. The maximum Gasteiger partial charge on any atom is 0.0994 e. The minimum atomic E-state index is 0.698. The number of hydrogen-bond donors (Lipinski definition) is 1. The molecule has 0 saturated heterocycles. The monoisotopic (exact) mass is 256 g/mol. The molecule has 0 bridgehead atoms. The summed E-state index contributed by atoms with van der Waals surface area (Å²) in [7, 11) is 0. The van der Waals surface area contributed by atoms with Crippen LogP contribution in [0.1, 0.15) is 16.7 Å². The van der Waals surface area contributed by atoms with Crippen molar-refractivity contribution < 1.29 is 0 Å². The van der Waals surface area contributed by atoms with Gasteiger partial charge in [-0.1, -0.05) is 17.7 Å². The molecule has 3 heteroatoms. The largest absolute Gasteiger partial charge is 0.355 e. The third-order valence-electron chi connectivity index (χ3n) is 2.89. The Labute approximate surface area is 112 Å². The van der Waals surface area contributed by atoms with Gasteiger partial charge in [-0.15, -0.1) is 0 Å². The Kier molecular flexibility index (Phi) is 3.55. The Morgan fingerprint density at radius 2 is 1.94 bits per heavy atom. The molecule has 0 unspecified atom stereocenters. The Morgan fingerprint density at radius 3 is 2.61 bits per heavy atom. The number of hydrogen-bond acceptors (Lipinski definition) is 2. The molecule has 0 aliphatic carbocycles. The van der Waals surface area contributed by atoms with Gasteiger partial charge in [0.05, 0.1) is 11.6 Å². The van der Waals surface area contributed by atoms with Gasteiger partial charge in [-0.05, 0) is 55.3 Å². The van der Waals surface area contributed by atoms with Gasteiger partial charge < -0.3 is 5.32 Å². The molecule has 0 atom stereocenters. The summed E-state index contributed by atoms with van der Waals surface area (Å²) in [5, 5.41) is 12.9. The molecule has 0 heterocycles. The highest BCUT2D eigenvalue weighted by Gasteiger charge is 2.03. The van der Waals surface area contributed by atoms with Crippen molar-refractivity contribution >= 4 is 23.0 Å². The molecule has 18 heavy (non-hydrogen) atoms. The third kappa shape index (κ3) is 2.47. The second-order valence-corrected chi connectivity index (χ2v) is 4.59. The van der Waals surface area contributed by atoms with E-state index in [2.05, 4.69) is 11.4 Å². The number of nitriles is 1. The quantitative estimate of drug-likeness (QED) is 0.854. The lowest BCUT2D eigenvalue weighted by Crippen LogP contribution is -1.94. The molecule has 0 radical (unpaired) electrons. The fourth-order valence-corrected chi connectivity index (χ4v) is 1.94. The maximum atomic E-state index is 8.89. The van der Waals surface area contributed by atoms with Crippen LogP contribution in [0.15, 0.2) is 36.4 Å². The number of rotatable bonds is 2. The summed E-state index contributed by atoms with van der Waals surface area (Å²) < 4.78 is 0. The topological polar surface area (TPSA) is 35.8 Å². The van der Waals surface area contributed by atoms with Gasteiger partial charge in [0.15, 0.2) is 0 Å². The lowest BCUT2D eigenvalue weighted by molar-refractivity contribution is 1.37. The molecule has 2 rings (SSSR count). The van der Waals surface area contributed by atoms with Crippen LogP contribution < -0.4 is 5.32 Å². The Balaban J connectivity index is 2.32. The van der Waals surface area contributed by atoms with Crippen LogP contribution >= 0.6 is 11.6 Å². The van der Waals surface area contributed by atoms with Gasteiger partial charge in [0, 0.05) is 16.4 Å². The molecule has 90 valence electrons. The van der Waals surface area contributed by atoms with E-state index >= 15 is 0 Å². The van der Waals surface area contributed by atoms with Crippen molar-refractivity contribution in [1.82, 2.24) is 0 Å². The molecule has 0 aliphatic heterocycles. The van der Waals surface area contributed by atoms with Crippen LogP contribution in [-0.4, -0.2) is 0 Å². The highest BCUT2D eigenvalue weighted by atomic mass is 35.5. The van der Waals surface area contributed by atoms with Crippen LogP contribution in [0.3, 0.4) is 0 Å². The molecule has 0 amide bonds. The highest BCUT2D eigenvalue weighted by Crippen LogP contribution is 2.26. The summed E-state index contributed by atoms with van der Waals surface area (Å²) in [5.41, 5.74) is 4.61. The first-order valence-electron chi connectivity index (χ1n) is 5.64. The average Bonchev–Trinajstić information content (AvgIpc) is 2.35. The summed E-state index contributed by atoms with van der Waals surface area (Å²) in [5.74, 6) is 0. The number of nitrogens with one attached hydrogen (secondary N) is 1. The normalized spacial score (nSPS) is 9.89. The molecular formula is C15H13ClN2. The molecule has 0 saturated carbocycles. The lowest BCUT2D eigenvalue weighted by Gasteiger charge is -2.11. The van der Waals surface area contributed by atoms with Crippen LogP contribution in [0.4, 0.5) is 11.4 Å². The zero-order valence-electron chi connectivity index (χ0n) is 10.3. The van der Waals surface area contributed by atoms with Crippen molar-refractivity contribution in [1.29, 1.82) is 5.26 Å². The van der Waals surface area contributed by atoms with Gasteiger partial charge >= 0.3 is 0 Å². The van der Waals surface area contributed by atoms with E-state index in [4.69, 9.17) is 16.9 Å². The van der Waals surface area contributed by atoms with Crippen molar-refractivity contribution in [2.45, 2.75) is 13.8 Å². The van der Waals surface area contributed by atoms with E-state index in [1.165, 1.54) is 0 Å². The second-order valence-electron chi connectivity index (χ2n) is 4.18. The molecule has 0 aromatic heterocycles. The predicted molar refractivity (Wildman–Crippen MR) is 75.4 cm³/mol. The van der Waals surface area contributed by atoms with Crippen molar-refractivity contribution in [3.8, 4) is 6.07 Å². The van der Waals surface area contributed by atoms with Crippen LogP contribution in [0, 0.1) is 25.2 Å². The summed E-state index contributed by atoms with van der Waals surface area (Å²) in [4.78, 5) is 0. The van der Waals surface area contributed by atoms with Gasteiger partial charge in [-0.3, -0.25) is 0 Å². The number of nitrogens with zero attached hydrogens (tertiary/aromatic N) is 1. The van der Waals surface area contributed by atoms with E-state index in [0.29, 0.717) is 5.56 Å². The zero-order chi connectivity index (χ0) is 13.1. The van der Waals surface area contributed by atoms with Gasteiger partial charge in [0.25, 0.3) is 0 Å². The minimum absolute atomic E-state index is 0.698. The summed E-state index contributed by atoms with van der Waals surface area (Å²) >= 11 is 6.08. The second kappa shape index (κ2) is 5.12. The van der Waals surface area contributed by atoms with Gasteiger partial charge in [-0.2, -0.15) is 5.26 Å². The molecule has 2 aromatic carbocycles. The van der Waals surface area contributed by atoms with E-state index in [0.717, 1.165) is 27.5 Å². The minimum Gasteiger partial charge on any atom is -0.355 e. The molecule has 0 aliphatic rings. The van der Waals surface area contributed by atoms with Crippen LogP contribution in [-0.2, 0) is 0 Å². The van der Waals surface area contributed by atoms with Crippen molar-refractivity contribution in [2.24, 2.45) is 0 Å². The van der Waals surface area contributed by atoms with Gasteiger partial charge in [-0.25, -0.2) is 0 Å². The Hall–Kier alpha value is -1.98. The Bertz CT molecular complexity index is 627. The molecule has 0 fully saturated rings. The van der Waals surface area contributed by atoms with Crippen LogP contribution in [0.5, 0.6) is 0 Å². The number of aryl methyl sites for hydroxylation is 1. The first-order chi connectivity index (χ1) is 8.61. The van der Waals surface area contributed by atoms with Gasteiger partial charge in [0.1, 0.15) is 0 Å².